The highest BCUT2D eigenvalue weighted by Gasteiger charge is 2.20. The number of pyridine rings is 1. The number of aromatic nitrogens is 1. The third-order valence-electron chi connectivity index (χ3n) is 4.51. The van der Waals surface area contributed by atoms with E-state index in [1.807, 2.05) is 27.7 Å². The number of nitriles is 1. The summed E-state index contributed by atoms with van der Waals surface area (Å²) >= 11 is 6.24. The van der Waals surface area contributed by atoms with Crippen LogP contribution in [-0.4, -0.2) is 24.6 Å². The van der Waals surface area contributed by atoms with Gasteiger partial charge in [-0.15, -0.1) is 0 Å². The SMILES string of the molecule is CC.CCOc1cc2nc(CC)c(C#N)c(Oc3ccc(OC)c(Cl)c3)c2cc1NC(C)=O. The predicted octanol–water partition coefficient (Wildman–Crippen LogP) is 6.51. The van der Waals surface area contributed by atoms with E-state index in [1.54, 1.807) is 30.3 Å². The van der Waals surface area contributed by atoms with Crippen molar-refractivity contribution in [1.29, 1.82) is 5.26 Å². The van der Waals surface area contributed by atoms with E-state index in [4.69, 9.17) is 25.8 Å². The quantitative estimate of drug-likeness (QED) is 0.424. The Bertz CT molecular complexity index is 1190. The predicted molar refractivity (Wildman–Crippen MR) is 131 cm³/mol. The average Bonchev–Trinajstić information content (AvgIpc) is 2.80. The molecule has 8 heteroatoms. The van der Waals surface area contributed by atoms with Crippen molar-refractivity contribution in [3.05, 3.63) is 46.6 Å². The molecule has 1 aromatic heterocycles. The van der Waals surface area contributed by atoms with Crippen LogP contribution in [0.4, 0.5) is 5.69 Å². The van der Waals surface area contributed by atoms with Crippen LogP contribution in [0, 0.1) is 11.3 Å². The maximum absolute atomic E-state index is 11.7. The fraction of sp³-hybridized carbons (Fsp3) is 0.320. The van der Waals surface area contributed by atoms with Crippen molar-refractivity contribution < 1.29 is 19.0 Å². The van der Waals surface area contributed by atoms with Crippen LogP contribution in [0.3, 0.4) is 0 Å². The van der Waals surface area contributed by atoms with Crippen molar-refractivity contribution in [2.24, 2.45) is 0 Å². The maximum Gasteiger partial charge on any atom is 0.221 e. The Morgan fingerprint density at radius 1 is 1.18 bits per heavy atom. The smallest absolute Gasteiger partial charge is 0.221 e. The highest BCUT2D eigenvalue weighted by Crippen LogP contribution is 2.40. The summed E-state index contributed by atoms with van der Waals surface area (Å²) in [5, 5.41) is 13.6. The Kier molecular flexibility index (Phi) is 9.31. The molecule has 0 unspecified atom stereocenters. The molecule has 1 heterocycles. The lowest BCUT2D eigenvalue weighted by atomic mass is 10.1. The van der Waals surface area contributed by atoms with Crippen LogP contribution in [0.25, 0.3) is 10.9 Å². The maximum atomic E-state index is 11.7. The highest BCUT2D eigenvalue weighted by molar-refractivity contribution is 6.32. The Balaban J connectivity index is 0.00000187. The second-order valence-electron chi connectivity index (χ2n) is 6.61. The molecule has 2 aromatic carbocycles. The Morgan fingerprint density at radius 3 is 2.45 bits per heavy atom. The number of carbonyl (C=O) groups is 1. The number of anilines is 1. The molecule has 0 spiro atoms. The van der Waals surface area contributed by atoms with Crippen LogP contribution in [-0.2, 0) is 11.2 Å². The molecule has 0 saturated heterocycles. The van der Waals surface area contributed by atoms with Crippen molar-refractivity contribution in [2.75, 3.05) is 19.0 Å². The highest BCUT2D eigenvalue weighted by atomic mass is 35.5. The number of methoxy groups -OCH3 is 1. The lowest BCUT2D eigenvalue weighted by molar-refractivity contribution is -0.114. The van der Waals surface area contributed by atoms with Gasteiger partial charge in [-0.1, -0.05) is 32.4 Å². The van der Waals surface area contributed by atoms with E-state index in [2.05, 4.69) is 16.4 Å². The number of rotatable bonds is 7. The third kappa shape index (κ3) is 5.85. The van der Waals surface area contributed by atoms with Crippen molar-refractivity contribution in [3.8, 4) is 29.1 Å². The summed E-state index contributed by atoms with van der Waals surface area (Å²) in [5.41, 5.74) is 1.97. The van der Waals surface area contributed by atoms with Crippen molar-refractivity contribution in [2.45, 2.75) is 41.0 Å². The number of hydrogen-bond donors (Lipinski definition) is 1. The minimum Gasteiger partial charge on any atom is -0.495 e. The van der Waals surface area contributed by atoms with Crippen molar-refractivity contribution in [3.63, 3.8) is 0 Å². The van der Waals surface area contributed by atoms with E-state index in [9.17, 15) is 10.1 Å². The van der Waals surface area contributed by atoms with Crippen LogP contribution in [0.15, 0.2) is 30.3 Å². The van der Waals surface area contributed by atoms with Gasteiger partial charge < -0.3 is 19.5 Å². The van der Waals surface area contributed by atoms with E-state index >= 15 is 0 Å². The van der Waals surface area contributed by atoms with Gasteiger partial charge >= 0.3 is 0 Å². The van der Waals surface area contributed by atoms with Gasteiger partial charge in [0, 0.05) is 24.4 Å². The minimum atomic E-state index is -0.247. The fourth-order valence-electron chi connectivity index (χ4n) is 3.18. The number of fused-ring (bicyclic) bond motifs is 1. The van der Waals surface area contributed by atoms with Crippen LogP contribution < -0.4 is 19.5 Å². The van der Waals surface area contributed by atoms with Crippen LogP contribution in [0.1, 0.15) is 45.9 Å². The number of benzene rings is 2. The number of hydrogen-bond acceptors (Lipinski definition) is 6. The first kappa shape index (κ1) is 25.8. The molecule has 0 saturated carbocycles. The summed E-state index contributed by atoms with van der Waals surface area (Å²) in [6, 6.07) is 10.6. The molecule has 0 radical (unpaired) electrons. The minimum absolute atomic E-state index is 0.247. The molecule has 0 aliphatic carbocycles. The largest absolute Gasteiger partial charge is 0.495 e. The zero-order valence-corrected chi connectivity index (χ0v) is 20.5. The van der Waals surface area contributed by atoms with Gasteiger partial charge in [0.2, 0.25) is 5.91 Å². The summed E-state index contributed by atoms with van der Waals surface area (Å²) in [7, 11) is 1.53. The molecular weight excluding hydrogens is 442 g/mol. The summed E-state index contributed by atoms with van der Waals surface area (Å²) in [6.07, 6.45) is 0.538. The number of ether oxygens (including phenoxy) is 3. The first-order valence-corrected chi connectivity index (χ1v) is 11.1. The topological polar surface area (TPSA) is 93.5 Å². The molecule has 0 aliphatic heterocycles. The third-order valence-corrected chi connectivity index (χ3v) is 4.81. The normalized spacial score (nSPS) is 10.0. The number of nitrogens with one attached hydrogen (secondary N) is 1. The number of halogens is 1. The van der Waals surface area contributed by atoms with Gasteiger partial charge in [-0.2, -0.15) is 5.26 Å². The standard InChI is InChI=1S/C23H22ClN3O4.C2H6/c1-5-18-16(12-25)23(31-14-7-8-21(29-4)17(24)9-14)15-10-20(26-13(3)28)22(30-6-2)11-19(15)27-18;1-2/h7-11H,5-6H2,1-4H3,(H,26,28);1-2H3. The second kappa shape index (κ2) is 11.9. The van der Waals surface area contributed by atoms with Crippen LogP contribution in [0.2, 0.25) is 5.02 Å². The lowest BCUT2D eigenvalue weighted by Gasteiger charge is -2.17. The van der Waals surface area contributed by atoms with E-state index < -0.39 is 0 Å². The van der Waals surface area contributed by atoms with Crippen LogP contribution in [0.5, 0.6) is 23.0 Å². The van der Waals surface area contributed by atoms with E-state index in [0.717, 1.165) is 0 Å². The summed E-state index contributed by atoms with van der Waals surface area (Å²) in [6.45, 7) is 9.60. The van der Waals surface area contributed by atoms with Gasteiger partial charge in [0.15, 0.2) is 5.75 Å². The Morgan fingerprint density at radius 2 is 1.91 bits per heavy atom. The van der Waals surface area contributed by atoms with Gasteiger partial charge in [-0.05, 0) is 31.5 Å². The molecule has 0 aliphatic rings. The molecule has 7 nitrogen and oxygen atoms in total. The molecule has 0 bridgehead atoms. The molecule has 1 amide bonds. The van der Waals surface area contributed by atoms with Crippen molar-refractivity contribution in [1.82, 2.24) is 4.98 Å². The molecule has 3 rings (SSSR count). The Labute approximate surface area is 199 Å². The number of nitrogens with zero attached hydrogens (tertiary/aromatic N) is 2. The molecule has 33 heavy (non-hydrogen) atoms. The van der Waals surface area contributed by atoms with Crippen molar-refractivity contribution >= 4 is 34.1 Å². The first-order chi connectivity index (χ1) is 15.9. The Hall–Kier alpha value is -3.50. The van der Waals surface area contributed by atoms with E-state index in [0.29, 0.717) is 68.9 Å². The number of amides is 1. The van der Waals surface area contributed by atoms with Gasteiger partial charge in [0.05, 0.1) is 35.6 Å². The molecule has 1 N–H and O–H groups in total. The molecule has 174 valence electrons. The zero-order chi connectivity index (χ0) is 24.5. The zero-order valence-electron chi connectivity index (χ0n) is 19.7. The van der Waals surface area contributed by atoms with E-state index in [1.165, 1.54) is 14.0 Å². The van der Waals surface area contributed by atoms with Gasteiger partial charge in [-0.3, -0.25) is 9.78 Å². The van der Waals surface area contributed by atoms with Gasteiger partial charge in [-0.25, -0.2) is 0 Å². The first-order valence-electron chi connectivity index (χ1n) is 10.7. The van der Waals surface area contributed by atoms with E-state index in [-0.39, 0.29) is 5.91 Å². The fourth-order valence-corrected chi connectivity index (χ4v) is 3.43. The monoisotopic (exact) mass is 469 g/mol. The average molecular weight is 470 g/mol. The molecule has 0 atom stereocenters. The summed E-state index contributed by atoms with van der Waals surface area (Å²) in [5.74, 6) is 1.52. The van der Waals surface area contributed by atoms with Gasteiger partial charge in [0.1, 0.15) is 28.9 Å². The molecule has 3 aromatic rings. The second-order valence-corrected chi connectivity index (χ2v) is 7.01. The number of carbonyl (C=O) groups excluding carboxylic acids is 1. The van der Waals surface area contributed by atoms with Crippen LogP contribution >= 0.6 is 11.6 Å². The summed E-state index contributed by atoms with van der Waals surface area (Å²) in [4.78, 5) is 16.3. The molecule has 0 fully saturated rings. The van der Waals surface area contributed by atoms with Gasteiger partial charge in [0.25, 0.3) is 0 Å². The lowest BCUT2D eigenvalue weighted by Crippen LogP contribution is -2.08. The molecular formula is C25H28ClN3O4. The number of aryl methyl sites for hydroxylation is 1. The summed E-state index contributed by atoms with van der Waals surface area (Å²) < 4.78 is 17.0.